The predicted molar refractivity (Wildman–Crippen MR) is 180 cm³/mol. The highest BCUT2D eigenvalue weighted by Gasteiger charge is 2.48. The normalized spacial score (nSPS) is 27.4. The summed E-state index contributed by atoms with van der Waals surface area (Å²) in [5.74, 6) is 0.970. The van der Waals surface area contributed by atoms with E-state index >= 15 is 0 Å². The van der Waals surface area contributed by atoms with E-state index in [9.17, 15) is 14.7 Å². The van der Waals surface area contributed by atoms with Crippen LogP contribution in [0.2, 0.25) is 0 Å². The van der Waals surface area contributed by atoms with Crippen LogP contribution in [0.15, 0.2) is 53.0 Å². The maximum Gasteiger partial charge on any atom is 0.222 e. The third kappa shape index (κ3) is 5.07. The molecule has 2 heterocycles. The fourth-order valence-electron chi connectivity index (χ4n) is 8.84. The summed E-state index contributed by atoms with van der Waals surface area (Å²) in [5.41, 5.74) is 10.1. The molecule has 6 heteroatoms. The number of likely N-dealkylation sites (tertiary alicyclic amines) is 2. The Morgan fingerprint density at radius 2 is 1.18 bits per heavy atom. The number of benzene rings is 3. The number of piperidine rings is 2. The first-order chi connectivity index (χ1) is 20.8. The van der Waals surface area contributed by atoms with Gasteiger partial charge in [0.1, 0.15) is 5.75 Å². The summed E-state index contributed by atoms with van der Waals surface area (Å²) in [6.07, 6.45) is 7.44. The fourth-order valence-corrected chi connectivity index (χ4v) is 9.25. The number of phenols is 1. The Morgan fingerprint density at radius 3 is 1.70 bits per heavy atom. The van der Waals surface area contributed by atoms with Crippen LogP contribution in [0.5, 0.6) is 5.75 Å². The molecule has 0 bridgehead atoms. The number of phenolic OH excluding ortho intramolecular Hbond substituents is 1. The topological polar surface area (TPSA) is 60.9 Å². The molecule has 0 saturated carbocycles. The van der Waals surface area contributed by atoms with E-state index < -0.39 is 0 Å². The quantitative estimate of drug-likeness (QED) is 0.291. The van der Waals surface area contributed by atoms with Crippen molar-refractivity contribution in [3.63, 3.8) is 0 Å². The third-order valence-electron chi connectivity index (χ3n) is 11.5. The molecule has 2 unspecified atom stereocenters. The van der Waals surface area contributed by atoms with Crippen LogP contribution in [-0.4, -0.2) is 52.9 Å². The average molecular weight is 658 g/mol. The molecule has 2 fully saturated rings. The number of carbonyl (C=O) groups is 2. The van der Waals surface area contributed by atoms with Crippen molar-refractivity contribution in [2.24, 2.45) is 0 Å². The van der Waals surface area contributed by atoms with Gasteiger partial charge in [-0.25, -0.2) is 0 Å². The Kier molecular flexibility index (Phi) is 7.97. The van der Waals surface area contributed by atoms with Crippen LogP contribution in [0.3, 0.4) is 0 Å². The number of hydrogen-bond acceptors (Lipinski definition) is 3. The second kappa shape index (κ2) is 11.3. The van der Waals surface area contributed by atoms with Gasteiger partial charge in [0, 0.05) is 54.3 Å². The predicted octanol–water partition coefficient (Wildman–Crippen LogP) is 7.77. The van der Waals surface area contributed by atoms with Gasteiger partial charge in [-0.1, -0.05) is 54.0 Å². The molecule has 2 aliphatic heterocycles. The van der Waals surface area contributed by atoms with Crippen molar-refractivity contribution in [3.8, 4) is 16.9 Å². The zero-order chi connectivity index (χ0) is 31.6. The van der Waals surface area contributed by atoms with Crippen LogP contribution in [0.4, 0.5) is 0 Å². The zero-order valence-corrected chi connectivity index (χ0v) is 28.6. The summed E-state index contributed by atoms with van der Waals surface area (Å²) >= 11 is 3.55. The fraction of sp³-hybridized carbons (Fsp3) is 0.474. The van der Waals surface area contributed by atoms with Gasteiger partial charge in [-0.3, -0.25) is 9.59 Å². The van der Waals surface area contributed by atoms with Crippen LogP contribution >= 0.6 is 15.9 Å². The molecule has 4 aliphatic rings. The first kappa shape index (κ1) is 30.9. The molecule has 0 radical (unpaired) electrons. The largest absolute Gasteiger partial charge is 0.507 e. The standard InChI is InChI=1S/C23H27NO2.C15H18BrNO/c1-14-11-18(12-15(2)22(14)26)16-5-7-19-17(13-16)6-8-20-23(19,3)10-9-21(25)24(20)4;1-15-8-7-14(18)17(2)13(15)6-3-10-9-11(16)4-5-12(10)15/h5,7,11-13,20,26H,6,8-10H2,1-4H3;4-5,9,13H,3,6-8H2,1-2H3/t20?,23-;13?,15-/m11/s1. The molecule has 3 aromatic rings. The van der Waals surface area contributed by atoms with Gasteiger partial charge in [0.15, 0.2) is 0 Å². The minimum atomic E-state index is 0.0512. The van der Waals surface area contributed by atoms with E-state index in [-0.39, 0.29) is 16.7 Å². The molecule has 1 N–H and O–H groups in total. The van der Waals surface area contributed by atoms with Gasteiger partial charge < -0.3 is 14.9 Å². The van der Waals surface area contributed by atoms with Gasteiger partial charge in [0.05, 0.1) is 0 Å². The summed E-state index contributed by atoms with van der Waals surface area (Å²) < 4.78 is 1.16. The lowest BCUT2D eigenvalue weighted by molar-refractivity contribution is -0.138. The van der Waals surface area contributed by atoms with Crippen molar-refractivity contribution in [1.29, 1.82) is 0 Å². The molecule has 2 saturated heterocycles. The Hall–Kier alpha value is -3.12. The first-order valence-corrected chi connectivity index (χ1v) is 16.9. The number of aryl methyl sites for hydroxylation is 4. The molecule has 3 aromatic carbocycles. The van der Waals surface area contributed by atoms with Gasteiger partial charge in [-0.2, -0.15) is 0 Å². The molecule has 7 rings (SSSR count). The minimum absolute atomic E-state index is 0.0512. The molecule has 2 aliphatic carbocycles. The molecule has 0 aromatic heterocycles. The monoisotopic (exact) mass is 656 g/mol. The number of carbonyl (C=O) groups excluding carboxylic acids is 2. The second-order valence-corrected chi connectivity index (χ2v) is 15.0. The van der Waals surface area contributed by atoms with E-state index in [0.717, 1.165) is 59.7 Å². The highest BCUT2D eigenvalue weighted by Crippen LogP contribution is 2.47. The van der Waals surface area contributed by atoms with Crippen molar-refractivity contribution >= 4 is 27.7 Å². The number of hydrogen-bond donors (Lipinski definition) is 1. The lowest BCUT2D eigenvalue weighted by Gasteiger charge is -2.50. The highest BCUT2D eigenvalue weighted by atomic mass is 79.9. The molecule has 5 nitrogen and oxygen atoms in total. The van der Waals surface area contributed by atoms with Crippen LogP contribution in [0, 0.1) is 13.8 Å². The number of halogens is 1. The lowest BCUT2D eigenvalue weighted by Crippen LogP contribution is -2.56. The Bertz CT molecular complexity index is 1630. The average Bonchev–Trinajstić information content (AvgIpc) is 3.00. The van der Waals surface area contributed by atoms with E-state index in [2.05, 4.69) is 78.3 Å². The van der Waals surface area contributed by atoms with Gasteiger partial charge in [-0.05, 0) is 121 Å². The molecule has 44 heavy (non-hydrogen) atoms. The maximum atomic E-state index is 12.1. The van der Waals surface area contributed by atoms with E-state index in [4.69, 9.17) is 0 Å². The van der Waals surface area contributed by atoms with Crippen LogP contribution in [-0.2, 0) is 33.3 Å². The molecule has 0 spiro atoms. The van der Waals surface area contributed by atoms with Gasteiger partial charge >= 0.3 is 0 Å². The smallest absolute Gasteiger partial charge is 0.222 e. The summed E-state index contributed by atoms with van der Waals surface area (Å²) in [7, 11) is 3.93. The third-order valence-corrected chi connectivity index (χ3v) is 12.0. The summed E-state index contributed by atoms with van der Waals surface area (Å²) in [4.78, 5) is 28.0. The van der Waals surface area contributed by atoms with Gasteiger partial charge in [-0.15, -0.1) is 0 Å². The highest BCUT2D eigenvalue weighted by molar-refractivity contribution is 9.10. The second-order valence-electron chi connectivity index (χ2n) is 14.1. The summed E-state index contributed by atoms with van der Waals surface area (Å²) in [6.45, 7) is 8.55. The Balaban J connectivity index is 0.000000167. The van der Waals surface area contributed by atoms with E-state index in [0.29, 0.717) is 36.6 Å². The van der Waals surface area contributed by atoms with Crippen LogP contribution in [0.1, 0.15) is 85.8 Å². The molecular weight excluding hydrogens is 612 g/mol. The first-order valence-electron chi connectivity index (χ1n) is 16.1. The van der Waals surface area contributed by atoms with Crippen molar-refractivity contribution < 1.29 is 14.7 Å². The lowest BCUT2D eigenvalue weighted by atomic mass is 9.63. The van der Waals surface area contributed by atoms with Crippen molar-refractivity contribution in [2.75, 3.05) is 14.1 Å². The molecule has 2 amide bonds. The summed E-state index contributed by atoms with van der Waals surface area (Å²) in [5, 5.41) is 10.0. The summed E-state index contributed by atoms with van der Waals surface area (Å²) in [6, 6.07) is 18.2. The maximum absolute atomic E-state index is 12.1. The molecular formula is C38H45BrN2O3. The van der Waals surface area contributed by atoms with Crippen molar-refractivity contribution in [3.05, 3.63) is 86.4 Å². The number of aromatic hydroxyl groups is 1. The van der Waals surface area contributed by atoms with Crippen LogP contribution < -0.4 is 0 Å². The minimum Gasteiger partial charge on any atom is -0.507 e. The SMILES string of the molecule is CN1C(=O)CC[C@]2(C)c3ccc(Br)cc3CCC12.Cc1cc(-c2ccc3c(c2)CCC2N(C)C(=O)CC[C@]32C)cc(C)c1O. The van der Waals surface area contributed by atoms with E-state index in [1.807, 2.05) is 37.7 Å². The van der Waals surface area contributed by atoms with Gasteiger partial charge in [0.25, 0.3) is 0 Å². The number of rotatable bonds is 1. The van der Waals surface area contributed by atoms with Crippen molar-refractivity contribution in [2.45, 2.75) is 102 Å². The Labute approximate surface area is 270 Å². The number of likely N-dealkylation sites (N-methyl/N-ethyl adjacent to an activating group) is 2. The number of nitrogens with zero attached hydrogens (tertiary/aromatic N) is 2. The molecule has 4 atom stereocenters. The van der Waals surface area contributed by atoms with E-state index in [1.54, 1.807) is 0 Å². The van der Waals surface area contributed by atoms with Gasteiger partial charge in [0.2, 0.25) is 11.8 Å². The van der Waals surface area contributed by atoms with E-state index in [1.165, 1.54) is 27.8 Å². The number of amides is 2. The Morgan fingerprint density at radius 1 is 0.705 bits per heavy atom. The molecule has 232 valence electrons. The number of fused-ring (bicyclic) bond motifs is 6. The zero-order valence-electron chi connectivity index (χ0n) is 27.0. The van der Waals surface area contributed by atoms with Crippen molar-refractivity contribution in [1.82, 2.24) is 9.80 Å². The van der Waals surface area contributed by atoms with Crippen LogP contribution in [0.25, 0.3) is 11.1 Å².